The molecule has 2 atom stereocenters. The standard InChI is InChI=1S/C20H25N3/c1-14-4-3-5-17(12-14)19-7-6-18(13-21-19)22-20-15(2)23-10-8-16(20)9-11-23/h3-7,12-13,15-16,20,22H,8-11H2,1-2H3/t15-,20-/m1/s1. The van der Waals surface area contributed by atoms with Gasteiger partial charge < -0.3 is 5.32 Å². The van der Waals surface area contributed by atoms with Crippen LogP contribution in [0.2, 0.25) is 0 Å². The fourth-order valence-electron chi connectivity index (χ4n) is 4.19. The Morgan fingerprint density at radius 1 is 1.13 bits per heavy atom. The van der Waals surface area contributed by atoms with Crippen LogP contribution in [0.4, 0.5) is 5.69 Å². The van der Waals surface area contributed by atoms with Crippen molar-refractivity contribution >= 4 is 5.69 Å². The van der Waals surface area contributed by atoms with Gasteiger partial charge in [-0.05, 0) is 63.9 Å². The second-order valence-electron chi connectivity index (χ2n) is 7.09. The number of nitrogens with zero attached hydrogens (tertiary/aromatic N) is 2. The Kier molecular flexibility index (Phi) is 3.82. The van der Waals surface area contributed by atoms with E-state index in [0.717, 1.165) is 17.3 Å². The number of aromatic nitrogens is 1. The first-order chi connectivity index (χ1) is 11.2. The van der Waals surface area contributed by atoms with Gasteiger partial charge in [0.2, 0.25) is 0 Å². The number of nitrogens with one attached hydrogen (secondary N) is 1. The van der Waals surface area contributed by atoms with Crippen LogP contribution in [0, 0.1) is 12.8 Å². The lowest BCUT2D eigenvalue weighted by Gasteiger charge is -2.50. The molecule has 2 bridgehead atoms. The van der Waals surface area contributed by atoms with Crippen molar-refractivity contribution < 1.29 is 0 Å². The van der Waals surface area contributed by atoms with Gasteiger partial charge in [0, 0.05) is 17.6 Å². The number of aryl methyl sites for hydroxylation is 1. The van der Waals surface area contributed by atoms with Crippen molar-refractivity contribution in [1.29, 1.82) is 0 Å². The molecule has 4 heterocycles. The molecule has 0 amide bonds. The minimum Gasteiger partial charge on any atom is -0.379 e. The van der Waals surface area contributed by atoms with E-state index in [1.165, 1.54) is 37.1 Å². The maximum Gasteiger partial charge on any atom is 0.0703 e. The smallest absolute Gasteiger partial charge is 0.0703 e. The third kappa shape index (κ3) is 2.86. The van der Waals surface area contributed by atoms with Crippen molar-refractivity contribution in [3.8, 4) is 11.3 Å². The highest BCUT2D eigenvalue weighted by molar-refractivity contribution is 5.62. The fraction of sp³-hybridized carbons (Fsp3) is 0.450. The second-order valence-corrected chi connectivity index (χ2v) is 7.09. The van der Waals surface area contributed by atoms with Crippen molar-refractivity contribution in [3.05, 3.63) is 48.2 Å². The molecule has 3 aliphatic rings. The maximum atomic E-state index is 4.67. The van der Waals surface area contributed by atoms with Crippen molar-refractivity contribution in [2.45, 2.75) is 38.8 Å². The van der Waals surface area contributed by atoms with Crippen molar-refractivity contribution in [2.75, 3.05) is 18.4 Å². The monoisotopic (exact) mass is 307 g/mol. The summed E-state index contributed by atoms with van der Waals surface area (Å²) in [6, 6.07) is 14.0. The number of benzene rings is 1. The number of piperidine rings is 3. The van der Waals surface area contributed by atoms with Crippen molar-refractivity contribution in [3.63, 3.8) is 0 Å². The van der Waals surface area contributed by atoms with E-state index >= 15 is 0 Å². The largest absolute Gasteiger partial charge is 0.379 e. The molecule has 23 heavy (non-hydrogen) atoms. The van der Waals surface area contributed by atoms with Gasteiger partial charge in [-0.25, -0.2) is 0 Å². The molecule has 3 fully saturated rings. The quantitative estimate of drug-likeness (QED) is 0.930. The first kappa shape index (κ1) is 14.7. The Labute approximate surface area is 138 Å². The minimum absolute atomic E-state index is 0.559. The van der Waals surface area contributed by atoms with Crippen molar-refractivity contribution in [2.24, 2.45) is 5.92 Å². The van der Waals surface area contributed by atoms with Crippen LogP contribution in [0.1, 0.15) is 25.3 Å². The second kappa shape index (κ2) is 5.97. The van der Waals surface area contributed by atoms with Gasteiger partial charge in [-0.1, -0.05) is 23.8 Å². The van der Waals surface area contributed by atoms with Crippen LogP contribution in [0.5, 0.6) is 0 Å². The van der Waals surface area contributed by atoms with Gasteiger partial charge in [0.15, 0.2) is 0 Å². The van der Waals surface area contributed by atoms with E-state index in [1.807, 2.05) is 6.20 Å². The Morgan fingerprint density at radius 3 is 2.61 bits per heavy atom. The topological polar surface area (TPSA) is 28.2 Å². The highest BCUT2D eigenvalue weighted by atomic mass is 15.2. The lowest BCUT2D eigenvalue weighted by molar-refractivity contribution is 0.0458. The molecule has 3 saturated heterocycles. The number of anilines is 1. The molecule has 0 aliphatic carbocycles. The Balaban J connectivity index is 1.50. The van der Waals surface area contributed by atoms with E-state index in [2.05, 4.69) is 65.4 Å². The molecule has 3 aliphatic heterocycles. The molecule has 2 aromatic rings. The highest BCUT2D eigenvalue weighted by Crippen LogP contribution is 2.34. The number of rotatable bonds is 3. The summed E-state index contributed by atoms with van der Waals surface area (Å²) in [5.74, 6) is 0.812. The number of fused-ring (bicyclic) bond motifs is 3. The number of pyridine rings is 1. The summed E-state index contributed by atoms with van der Waals surface area (Å²) in [4.78, 5) is 7.28. The van der Waals surface area contributed by atoms with Crippen molar-refractivity contribution in [1.82, 2.24) is 9.88 Å². The molecule has 1 aromatic heterocycles. The van der Waals surface area contributed by atoms with Crippen LogP contribution >= 0.6 is 0 Å². The maximum absolute atomic E-state index is 4.67. The van der Waals surface area contributed by atoms with Gasteiger partial charge in [-0.2, -0.15) is 0 Å². The van der Waals surface area contributed by atoms with Crippen LogP contribution in [-0.4, -0.2) is 35.1 Å². The summed E-state index contributed by atoms with van der Waals surface area (Å²) in [6.07, 6.45) is 4.65. The van der Waals surface area contributed by atoms with Gasteiger partial charge in [0.25, 0.3) is 0 Å². The zero-order valence-corrected chi connectivity index (χ0v) is 14.0. The SMILES string of the molecule is Cc1cccc(-c2ccc(N[C@H]3C4CCN(CC4)[C@@H]3C)cn2)c1. The van der Waals surface area contributed by atoms with E-state index in [0.29, 0.717) is 12.1 Å². The first-order valence-electron chi connectivity index (χ1n) is 8.74. The molecular weight excluding hydrogens is 282 g/mol. The Bertz CT molecular complexity index is 670. The molecule has 1 aromatic carbocycles. The third-order valence-electron chi connectivity index (χ3n) is 5.59. The van der Waals surface area contributed by atoms with Gasteiger partial charge in [0.1, 0.15) is 0 Å². The Hall–Kier alpha value is -1.87. The molecule has 0 spiro atoms. The normalized spacial score (nSPS) is 29.5. The number of hydrogen-bond acceptors (Lipinski definition) is 3. The molecule has 3 heteroatoms. The zero-order chi connectivity index (χ0) is 15.8. The van der Waals surface area contributed by atoms with Gasteiger partial charge in [-0.3, -0.25) is 9.88 Å². The first-order valence-corrected chi connectivity index (χ1v) is 8.74. The molecule has 3 nitrogen and oxygen atoms in total. The third-order valence-corrected chi connectivity index (χ3v) is 5.59. The summed E-state index contributed by atoms with van der Waals surface area (Å²) in [6.45, 7) is 7.02. The van der Waals surface area contributed by atoms with Gasteiger partial charge in [-0.15, -0.1) is 0 Å². The average molecular weight is 307 g/mol. The van der Waals surface area contributed by atoms with E-state index in [1.54, 1.807) is 0 Å². The molecule has 0 radical (unpaired) electrons. The molecule has 120 valence electrons. The summed E-state index contributed by atoms with van der Waals surface area (Å²) in [5.41, 5.74) is 4.65. The van der Waals surface area contributed by atoms with Gasteiger partial charge in [0.05, 0.1) is 17.6 Å². The summed E-state index contributed by atoms with van der Waals surface area (Å²) >= 11 is 0. The predicted octanol–water partition coefficient (Wildman–Crippen LogP) is 3.95. The molecule has 0 unspecified atom stereocenters. The molecule has 5 rings (SSSR count). The zero-order valence-electron chi connectivity index (χ0n) is 14.0. The molecule has 0 saturated carbocycles. The van der Waals surface area contributed by atoms with Crippen LogP contribution in [0.25, 0.3) is 11.3 Å². The lowest BCUT2D eigenvalue weighted by atomic mass is 9.79. The van der Waals surface area contributed by atoms with Crippen LogP contribution in [0.3, 0.4) is 0 Å². The van der Waals surface area contributed by atoms with Crippen LogP contribution < -0.4 is 5.32 Å². The van der Waals surface area contributed by atoms with E-state index in [-0.39, 0.29) is 0 Å². The predicted molar refractivity (Wildman–Crippen MR) is 95.6 cm³/mol. The van der Waals surface area contributed by atoms with E-state index in [9.17, 15) is 0 Å². The summed E-state index contributed by atoms with van der Waals surface area (Å²) in [5, 5.41) is 3.75. The fourth-order valence-corrected chi connectivity index (χ4v) is 4.19. The van der Waals surface area contributed by atoms with Crippen LogP contribution in [-0.2, 0) is 0 Å². The van der Waals surface area contributed by atoms with E-state index in [4.69, 9.17) is 0 Å². The van der Waals surface area contributed by atoms with Crippen LogP contribution in [0.15, 0.2) is 42.6 Å². The Morgan fingerprint density at radius 2 is 1.96 bits per heavy atom. The lowest BCUT2D eigenvalue weighted by Crippen LogP contribution is -2.59. The summed E-state index contributed by atoms with van der Waals surface area (Å²) < 4.78 is 0. The number of hydrogen-bond donors (Lipinski definition) is 1. The minimum atomic E-state index is 0.559. The average Bonchev–Trinajstić information content (AvgIpc) is 2.59. The molecular formula is C20H25N3. The van der Waals surface area contributed by atoms with E-state index < -0.39 is 0 Å². The van der Waals surface area contributed by atoms with Gasteiger partial charge >= 0.3 is 0 Å². The summed E-state index contributed by atoms with van der Waals surface area (Å²) in [7, 11) is 0. The molecule has 1 N–H and O–H groups in total. The highest BCUT2D eigenvalue weighted by Gasteiger charge is 2.39.